The molecular formula is C19H37N9O6. The van der Waals surface area contributed by atoms with E-state index in [0.717, 1.165) is 0 Å². The summed E-state index contributed by atoms with van der Waals surface area (Å²) >= 11 is 0. The zero-order chi connectivity index (χ0) is 26.3. The topological polar surface area (TPSA) is 284 Å². The molecule has 0 heterocycles. The molecule has 0 aromatic heterocycles. The smallest absolute Gasteiger partial charge is 0.326 e. The number of carbonyl (C=O) groups excluding carboxylic acids is 4. The second-order valence-corrected chi connectivity index (χ2v) is 7.70. The lowest BCUT2D eigenvalue weighted by Crippen LogP contribution is -2.56. The van der Waals surface area contributed by atoms with E-state index in [1.165, 1.54) is 6.92 Å². The molecular weight excluding hydrogens is 450 g/mol. The second-order valence-electron chi connectivity index (χ2n) is 7.70. The first-order valence-corrected chi connectivity index (χ1v) is 10.8. The van der Waals surface area contributed by atoms with E-state index in [1.807, 2.05) is 0 Å². The number of rotatable bonds is 17. The summed E-state index contributed by atoms with van der Waals surface area (Å²) in [5.41, 5.74) is 26.8. The summed E-state index contributed by atoms with van der Waals surface area (Å²) in [5, 5.41) is 16.3. The number of guanidine groups is 1. The molecule has 0 aromatic rings. The molecule has 0 aromatic carbocycles. The summed E-state index contributed by atoms with van der Waals surface area (Å²) in [4.78, 5) is 63.6. The van der Waals surface area contributed by atoms with Gasteiger partial charge in [-0.3, -0.25) is 24.2 Å². The molecule has 0 saturated carbocycles. The van der Waals surface area contributed by atoms with Crippen LogP contribution in [0.15, 0.2) is 4.99 Å². The Morgan fingerprint density at radius 2 is 1.47 bits per heavy atom. The SMILES string of the molecule is CC(NC(=O)C(N)CCCCN)C(=O)NC(CCCN=C(N)N)C(=O)NC(CC(N)=O)C(=O)O. The number of carbonyl (C=O) groups is 5. The van der Waals surface area contributed by atoms with Gasteiger partial charge < -0.3 is 49.7 Å². The summed E-state index contributed by atoms with van der Waals surface area (Å²) in [5.74, 6) is -4.66. The Labute approximate surface area is 197 Å². The van der Waals surface area contributed by atoms with Gasteiger partial charge in [0.05, 0.1) is 12.5 Å². The van der Waals surface area contributed by atoms with Crippen molar-refractivity contribution in [2.24, 2.45) is 33.7 Å². The molecule has 0 bridgehead atoms. The molecule has 0 fully saturated rings. The van der Waals surface area contributed by atoms with Crippen molar-refractivity contribution in [1.29, 1.82) is 0 Å². The minimum Gasteiger partial charge on any atom is -0.480 e. The van der Waals surface area contributed by atoms with E-state index >= 15 is 0 Å². The van der Waals surface area contributed by atoms with Crippen LogP contribution >= 0.6 is 0 Å². The molecule has 0 spiro atoms. The van der Waals surface area contributed by atoms with Gasteiger partial charge in [-0.1, -0.05) is 6.42 Å². The van der Waals surface area contributed by atoms with Crippen LogP contribution in [0.5, 0.6) is 0 Å². The van der Waals surface area contributed by atoms with Gasteiger partial charge in [0, 0.05) is 6.54 Å². The van der Waals surface area contributed by atoms with Crippen molar-refractivity contribution in [1.82, 2.24) is 16.0 Å². The number of nitrogens with two attached hydrogens (primary N) is 5. The largest absolute Gasteiger partial charge is 0.480 e. The summed E-state index contributed by atoms with van der Waals surface area (Å²) in [6.07, 6.45) is 1.42. The number of nitrogens with one attached hydrogen (secondary N) is 3. The standard InChI is InChI=1S/C19H37N9O6/c1-10(26-16(31)11(21)5-2-3-7-20)15(30)27-12(6-4-8-25-19(23)24)17(32)28-13(18(33)34)9-14(22)29/h10-13H,2-9,20-21H2,1H3,(H2,22,29)(H,26,31)(H,27,30)(H,28,32)(H,33,34)(H4,23,24,25). The Morgan fingerprint density at radius 1 is 0.853 bits per heavy atom. The Bertz CT molecular complexity index is 742. The number of unbranched alkanes of at least 4 members (excludes halogenated alkanes) is 1. The van der Waals surface area contributed by atoms with Crippen LogP contribution < -0.4 is 44.6 Å². The van der Waals surface area contributed by atoms with Crippen molar-refractivity contribution in [2.45, 2.75) is 69.6 Å². The molecule has 4 unspecified atom stereocenters. The number of aliphatic carboxylic acids is 1. The van der Waals surface area contributed by atoms with Crippen LogP contribution in [0.25, 0.3) is 0 Å². The van der Waals surface area contributed by atoms with Crippen LogP contribution in [-0.2, 0) is 24.0 Å². The first-order chi connectivity index (χ1) is 15.9. The Morgan fingerprint density at radius 3 is 2.00 bits per heavy atom. The van der Waals surface area contributed by atoms with Gasteiger partial charge in [-0.25, -0.2) is 4.79 Å². The molecule has 15 heteroatoms. The van der Waals surface area contributed by atoms with Gasteiger partial charge in [-0.05, 0) is 39.2 Å². The van der Waals surface area contributed by atoms with Gasteiger partial charge in [0.2, 0.25) is 23.6 Å². The summed E-state index contributed by atoms with van der Waals surface area (Å²) in [7, 11) is 0. The predicted octanol–water partition coefficient (Wildman–Crippen LogP) is -4.07. The van der Waals surface area contributed by atoms with E-state index in [0.29, 0.717) is 25.8 Å². The zero-order valence-electron chi connectivity index (χ0n) is 19.3. The van der Waals surface area contributed by atoms with Crippen molar-refractivity contribution in [2.75, 3.05) is 13.1 Å². The fourth-order valence-electron chi connectivity index (χ4n) is 2.77. The predicted molar refractivity (Wildman–Crippen MR) is 124 cm³/mol. The average molecular weight is 488 g/mol. The molecule has 0 rings (SSSR count). The molecule has 34 heavy (non-hydrogen) atoms. The van der Waals surface area contributed by atoms with Gasteiger partial charge in [0.25, 0.3) is 0 Å². The lowest BCUT2D eigenvalue weighted by molar-refractivity contribution is -0.143. The maximum absolute atomic E-state index is 12.7. The van der Waals surface area contributed by atoms with Crippen LogP contribution in [0.4, 0.5) is 0 Å². The summed E-state index contributed by atoms with van der Waals surface area (Å²) in [6.45, 7) is 2.03. The van der Waals surface area contributed by atoms with E-state index < -0.39 is 60.2 Å². The lowest BCUT2D eigenvalue weighted by Gasteiger charge is -2.23. The molecule has 194 valence electrons. The fraction of sp³-hybridized carbons (Fsp3) is 0.684. The summed E-state index contributed by atoms with van der Waals surface area (Å²) < 4.78 is 0. The van der Waals surface area contributed by atoms with Gasteiger partial charge in [-0.15, -0.1) is 0 Å². The first kappa shape index (κ1) is 30.5. The van der Waals surface area contributed by atoms with E-state index in [1.54, 1.807) is 0 Å². The minimum atomic E-state index is -1.58. The van der Waals surface area contributed by atoms with Crippen LogP contribution in [-0.4, -0.2) is 77.9 Å². The van der Waals surface area contributed by atoms with E-state index in [4.69, 9.17) is 28.7 Å². The van der Waals surface area contributed by atoms with Gasteiger partial charge in [0.1, 0.15) is 18.1 Å². The molecule has 0 radical (unpaired) electrons. The number of hydrogen-bond acceptors (Lipinski definition) is 8. The van der Waals surface area contributed by atoms with Crippen molar-refractivity contribution < 1.29 is 29.1 Å². The lowest BCUT2D eigenvalue weighted by atomic mass is 10.1. The third kappa shape index (κ3) is 13.2. The number of amides is 4. The highest BCUT2D eigenvalue weighted by Gasteiger charge is 2.29. The molecule has 0 aliphatic rings. The number of nitrogens with zero attached hydrogens (tertiary/aromatic N) is 1. The van der Waals surface area contributed by atoms with Crippen LogP contribution in [0.3, 0.4) is 0 Å². The number of aliphatic imine (C=N–C) groups is 1. The molecule has 4 atom stereocenters. The van der Waals surface area contributed by atoms with Crippen molar-refractivity contribution in [3.8, 4) is 0 Å². The van der Waals surface area contributed by atoms with Crippen LogP contribution in [0.2, 0.25) is 0 Å². The maximum Gasteiger partial charge on any atom is 0.326 e. The first-order valence-electron chi connectivity index (χ1n) is 10.8. The number of primary amides is 1. The van der Waals surface area contributed by atoms with Crippen LogP contribution in [0, 0.1) is 0 Å². The normalized spacial score (nSPS) is 14.1. The molecule has 4 amide bonds. The van der Waals surface area contributed by atoms with Gasteiger partial charge >= 0.3 is 5.97 Å². The number of hydrogen-bond donors (Lipinski definition) is 9. The van der Waals surface area contributed by atoms with E-state index in [-0.39, 0.29) is 25.3 Å². The Kier molecular flexibility index (Phi) is 14.6. The third-order valence-electron chi connectivity index (χ3n) is 4.66. The fourth-order valence-corrected chi connectivity index (χ4v) is 2.77. The number of carboxylic acids is 1. The molecule has 0 aliphatic heterocycles. The highest BCUT2D eigenvalue weighted by atomic mass is 16.4. The maximum atomic E-state index is 12.7. The van der Waals surface area contributed by atoms with Crippen LogP contribution in [0.1, 0.15) is 45.4 Å². The Balaban J connectivity index is 5.19. The van der Waals surface area contributed by atoms with Gasteiger partial charge in [-0.2, -0.15) is 0 Å². The molecule has 15 nitrogen and oxygen atoms in total. The van der Waals surface area contributed by atoms with E-state index in [9.17, 15) is 29.1 Å². The molecule has 0 saturated heterocycles. The highest BCUT2D eigenvalue weighted by Crippen LogP contribution is 2.03. The monoisotopic (exact) mass is 487 g/mol. The minimum absolute atomic E-state index is 0.0382. The zero-order valence-corrected chi connectivity index (χ0v) is 19.3. The van der Waals surface area contributed by atoms with Gasteiger partial charge in [0.15, 0.2) is 5.96 Å². The van der Waals surface area contributed by atoms with Crippen molar-refractivity contribution >= 4 is 35.6 Å². The highest BCUT2D eigenvalue weighted by molar-refractivity contribution is 5.94. The van der Waals surface area contributed by atoms with Crippen molar-refractivity contribution in [3.63, 3.8) is 0 Å². The Hall–Kier alpha value is -3.46. The van der Waals surface area contributed by atoms with Crippen molar-refractivity contribution in [3.05, 3.63) is 0 Å². The average Bonchev–Trinajstić information content (AvgIpc) is 2.74. The number of carboxylic acid groups (broad SMARTS) is 1. The van der Waals surface area contributed by atoms with E-state index in [2.05, 4.69) is 20.9 Å². The molecule has 14 N–H and O–H groups in total. The molecule has 0 aliphatic carbocycles. The summed E-state index contributed by atoms with van der Waals surface area (Å²) in [6, 6.07) is -4.65. The second kappa shape index (κ2) is 16.2. The third-order valence-corrected chi connectivity index (χ3v) is 4.66. The quantitative estimate of drug-likeness (QED) is 0.0543.